The van der Waals surface area contributed by atoms with E-state index in [1.165, 1.54) is 77.0 Å². The fourth-order valence-corrected chi connectivity index (χ4v) is 7.87. The Kier molecular flexibility index (Phi) is 4.61. The van der Waals surface area contributed by atoms with Gasteiger partial charge in [-0.1, -0.05) is 31.9 Å². The van der Waals surface area contributed by atoms with E-state index in [2.05, 4.69) is 19.9 Å². The quantitative estimate of drug-likeness (QED) is 0.623. The topological polar surface area (TPSA) is 26.0 Å². The largest absolute Gasteiger partial charge is 0.330 e. The van der Waals surface area contributed by atoms with Crippen LogP contribution < -0.4 is 5.73 Å². The lowest BCUT2D eigenvalue weighted by atomic mass is 9.47. The molecule has 24 heavy (non-hydrogen) atoms. The van der Waals surface area contributed by atoms with Crippen LogP contribution in [0, 0.1) is 34.5 Å². The summed E-state index contributed by atoms with van der Waals surface area (Å²) < 4.78 is 0. The fourth-order valence-electron chi connectivity index (χ4n) is 7.87. The molecule has 0 aromatic heterocycles. The van der Waals surface area contributed by atoms with Crippen molar-refractivity contribution in [2.24, 2.45) is 40.2 Å². The van der Waals surface area contributed by atoms with Crippen molar-refractivity contribution in [2.75, 3.05) is 6.54 Å². The van der Waals surface area contributed by atoms with Gasteiger partial charge < -0.3 is 5.73 Å². The molecule has 0 spiro atoms. The number of allylic oxidation sites excluding steroid dienone is 2. The van der Waals surface area contributed by atoms with E-state index in [1.807, 2.05) is 5.57 Å². The fraction of sp³-hybridized carbons (Fsp3) is 0.913. The third-order valence-electron chi connectivity index (χ3n) is 9.23. The molecule has 3 fully saturated rings. The summed E-state index contributed by atoms with van der Waals surface area (Å²) in [7, 11) is 0. The van der Waals surface area contributed by atoms with Crippen LogP contribution in [0.1, 0.15) is 90.9 Å². The van der Waals surface area contributed by atoms with Crippen LogP contribution in [-0.2, 0) is 0 Å². The first-order chi connectivity index (χ1) is 11.6. The molecule has 4 aliphatic carbocycles. The van der Waals surface area contributed by atoms with E-state index >= 15 is 0 Å². The van der Waals surface area contributed by atoms with Gasteiger partial charge in [-0.25, -0.2) is 0 Å². The molecule has 136 valence electrons. The Morgan fingerprint density at radius 2 is 1.92 bits per heavy atom. The maximum absolute atomic E-state index is 5.82. The normalized spacial score (nSPS) is 48.0. The average Bonchev–Trinajstić information content (AvgIpc) is 2.77. The minimum Gasteiger partial charge on any atom is -0.330 e. The number of nitrogens with two attached hydrogens (primary N) is 1. The number of hydrogen-bond acceptors (Lipinski definition) is 1. The molecule has 0 aromatic carbocycles. The first-order valence-electron chi connectivity index (χ1n) is 11.0. The second-order valence-corrected chi connectivity index (χ2v) is 10.1. The van der Waals surface area contributed by atoms with Crippen LogP contribution in [0.2, 0.25) is 0 Å². The third-order valence-corrected chi connectivity index (χ3v) is 9.23. The summed E-state index contributed by atoms with van der Waals surface area (Å²) in [6.07, 6.45) is 19.9. The van der Waals surface area contributed by atoms with Crippen molar-refractivity contribution in [3.63, 3.8) is 0 Å². The minimum atomic E-state index is 0.552. The first kappa shape index (κ1) is 17.1. The maximum atomic E-state index is 5.82. The molecule has 4 rings (SSSR count). The lowest BCUT2D eigenvalue weighted by Gasteiger charge is -2.57. The molecular formula is C23H39N. The van der Waals surface area contributed by atoms with Gasteiger partial charge in [0, 0.05) is 0 Å². The zero-order chi connectivity index (χ0) is 16.8. The molecule has 6 unspecified atom stereocenters. The van der Waals surface area contributed by atoms with Crippen LogP contribution in [0.5, 0.6) is 0 Å². The molecule has 0 heterocycles. The summed E-state index contributed by atoms with van der Waals surface area (Å²) in [5, 5.41) is 0. The minimum absolute atomic E-state index is 0.552. The lowest BCUT2D eigenvalue weighted by molar-refractivity contribution is -0.0500. The molecule has 0 aromatic rings. The maximum Gasteiger partial charge on any atom is -0.00772 e. The van der Waals surface area contributed by atoms with Crippen molar-refractivity contribution in [1.29, 1.82) is 0 Å². The summed E-state index contributed by atoms with van der Waals surface area (Å²) in [5.41, 5.74) is 8.88. The summed E-state index contributed by atoms with van der Waals surface area (Å²) in [6, 6.07) is 0. The van der Waals surface area contributed by atoms with Gasteiger partial charge in [0.2, 0.25) is 0 Å². The highest BCUT2D eigenvalue weighted by molar-refractivity contribution is 5.22. The van der Waals surface area contributed by atoms with Gasteiger partial charge in [0.15, 0.2) is 0 Å². The molecule has 4 aliphatic rings. The highest BCUT2D eigenvalue weighted by Gasteiger charge is 2.58. The van der Waals surface area contributed by atoms with E-state index < -0.39 is 0 Å². The standard InChI is InChI=1S/C23H39N/c1-22-14-5-3-4-7-17(22)9-11-19-20-12-10-18(8-6-16-24)23(20,2)15-13-21(19)22/h7,18-21H,3-6,8-16,24H2,1-2H3. The highest BCUT2D eigenvalue weighted by atomic mass is 14.6. The van der Waals surface area contributed by atoms with E-state index in [4.69, 9.17) is 5.73 Å². The van der Waals surface area contributed by atoms with Crippen LogP contribution in [0.15, 0.2) is 11.6 Å². The van der Waals surface area contributed by atoms with Crippen molar-refractivity contribution in [3.05, 3.63) is 11.6 Å². The molecule has 1 heteroatoms. The van der Waals surface area contributed by atoms with E-state index in [9.17, 15) is 0 Å². The Morgan fingerprint density at radius 1 is 1.04 bits per heavy atom. The number of hydrogen-bond donors (Lipinski definition) is 1. The molecule has 6 atom stereocenters. The molecule has 0 aliphatic heterocycles. The van der Waals surface area contributed by atoms with Crippen molar-refractivity contribution >= 4 is 0 Å². The Hall–Kier alpha value is -0.300. The van der Waals surface area contributed by atoms with Crippen LogP contribution >= 0.6 is 0 Å². The van der Waals surface area contributed by atoms with Crippen LogP contribution in [0.25, 0.3) is 0 Å². The molecule has 3 saturated carbocycles. The van der Waals surface area contributed by atoms with Crippen molar-refractivity contribution < 1.29 is 0 Å². The predicted molar refractivity (Wildman–Crippen MR) is 103 cm³/mol. The lowest BCUT2D eigenvalue weighted by Crippen LogP contribution is -2.49. The third kappa shape index (κ3) is 2.52. The van der Waals surface area contributed by atoms with Gasteiger partial charge >= 0.3 is 0 Å². The van der Waals surface area contributed by atoms with Crippen LogP contribution in [0.3, 0.4) is 0 Å². The summed E-state index contributed by atoms with van der Waals surface area (Å²) in [4.78, 5) is 0. The smallest absolute Gasteiger partial charge is 0.00772 e. The first-order valence-corrected chi connectivity index (χ1v) is 11.0. The van der Waals surface area contributed by atoms with E-state index in [1.54, 1.807) is 0 Å². The Morgan fingerprint density at radius 3 is 2.75 bits per heavy atom. The van der Waals surface area contributed by atoms with Crippen LogP contribution in [-0.4, -0.2) is 6.54 Å². The number of rotatable bonds is 3. The summed E-state index contributed by atoms with van der Waals surface area (Å²) in [6.45, 7) is 6.21. The Bertz CT molecular complexity index is 494. The van der Waals surface area contributed by atoms with Crippen molar-refractivity contribution in [2.45, 2.75) is 90.9 Å². The zero-order valence-corrected chi connectivity index (χ0v) is 16.2. The Balaban J connectivity index is 1.58. The van der Waals surface area contributed by atoms with E-state index in [0.717, 1.165) is 30.2 Å². The molecule has 0 amide bonds. The zero-order valence-electron chi connectivity index (χ0n) is 16.2. The van der Waals surface area contributed by atoms with Gasteiger partial charge in [-0.05, 0) is 112 Å². The Labute approximate surface area is 149 Å². The van der Waals surface area contributed by atoms with Crippen molar-refractivity contribution in [1.82, 2.24) is 0 Å². The van der Waals surface area contributed by atoms with E-state index in [0.29, 0.717) is 10.8 Å². The van der Waals surface area contributed by atoms with Gasteiger partial charge in [-0.3, -0.25) is 0 Å². The van der Waals surface area contributed by atoms with Gasteiger partial charge in [-0.2, -0.15) is 0 Å². The van der Waals surface area contributed by atoms with Gasteiger partial charge in [0.1, 0.15) is 0 Å². The second-order valence-electron chi connectivity index (χ2n) is 10.1. The summed E-state index contributed by atoms with van der Waals surface area (Å²) in [5.74, 6) is 3.99. The molecule has 1 nitrogen and oxygen atoms in total. The number of fused-ring (bicyclic) bond motifs is 5. The molecular weight excluding hydrogens is 290 g/mol. The van der Waals surface area contributed by atoms with Crippen LogP contribution in [0.4, 0.5) is 0 Å². The van der Waals surface area contributed by atoms with Gasteiger partial charge in [0.05, 0.1) is 0 Å². The predicted octanol–water partition coefficient (Wildman–Crippen LogP) is 6.08. The molecule has 2 N–H and O–H groups in total. The monoisotopic (exact) mass is 329 g/mol. The summed E-state index contributed by atoms with van der Waals surface area (Å²) >= 11 is 0. The van der Waals surface area contributed by atoms with E-state index in [-0.39, 0.29) is 0 Å². The second kappa shape index (κ2) is 6.45. The molecule has 0 radical (unpaired) electrons. The van der Waals surface area contributed by atoms with Gasteiger partial charge in [-0.15, -0.1) is 0 Å². The van der Waals surface area contributed by atoms with Crippen molar-refractivity contribution in [3.8, 4) is 0 Å². The SMILES string of the molecule is CC12CCCCC=C1CCC1C2CCC2(C)C(CCCN)CCC12. The highest BCUT2D eigenvalue weighted by Crippen LogP contribution is 2.66. The molecule has 0 bridgehead atoms. The van der Waals surface area contributed by atoms with Gasteiger partial charge in [0.25, 0.3) is 0 Å². The molecule has 0 saturated heterocycles. The average molecular weight is 330 g/mol.